The number of hydrogen-bond donors (Lipinski definition) is 1. The number of aromatic nitrogens is 1. The molecule has 1 saturated carbocycles. The van der Waals surface area contributed by atoms with Crippen molar-refractivity contribution in [2.75, 3.05) is 26.7 Å². The summed E-state index contributed by atoms with van der Waals surface area (Å²) in [5.41, 5.74) is 2.19. The van der Waals surface area contributed by atoms with Gasteiger partial charge in [0.15, 0.2) is 0 Å². The number of aliphatic hydroxyl groups excluding tert-OH is 1. The second kappa shape index (κ2) is 11.0. The Labute approximate surface area is 207 Å². The molecule has 0 saturated heterocycles. The van der Waals surface area contributed by atoms with Crippen LogP contribution in [-0.4, -0.2) is 70.6 Å². The molecule has 0 radical (unpaired) electrons. The summed E-state index contributed by atoms with van der Waals surface area (Å²) in [6.07, 6.45) is 8.25. The molecule has 7 nitrogen and oxygen atoms in total. The third-order valence-corrected chi connectivity index (χ3v) is 7.09. The van der Waals surface area contributed by atoms with Crippen molar-refractivity contribution in [2.24, 2.45) is 11.8 Å². The lowest BCUT2D eigenvalue weighted by Gasteiger charge is -2.38. The zero-order valence-electron chi connectivity index (χ0n) is 20.8. The van der Waals surface area contributed by atoms with Gasteiger partial charge in [0.1, 0.15) is 11.7 Å². The highest BCUT2D eigenvalue weighted by Crippen LogP contribution is 2.30. The van der Waals surface area contributed by atoms with Crippen LogP contribution in [0, 0.1) is 11.8 Å². The van der Waals surface area contributed by atoms with Crippen molar-refractivity contribution in [3.63, 3.8) is 0 Å². The Morgan fingerprint density at radius 2 is 1.97 bits per heavy atom. The van der Waals surface area contributed by atoms with E-state index >= 15 is 0 Å². The van der Waals surface area contributed by atoms with E-state index in [4.69, 9.17) is 4.74 Å². The van der Waals surface area contributed by atoms with Crippen LogP contribution in [0.15, 0.2) is 42.6 Å². The van der Waals surface area contributed by atoms with E-state index in [1.165, 1.54) is 0 Å². The molecule has 1 N–H and O–H groups in total. The molecule has 3 atom stereocenters. The third kappa shape index (κ3) is 5.73. The topological polar surface area (TPSA) is 83.0 Å². The highest BCUT2D eigenvalue weighted by molar-refractivity contribution is 5.97. The molecule has 1 aromatic heterocycles. The van der Waals surface area contributed by atoms with E-state index in [0.717, 1.165) is 30.4 Å². The first kappa shape index (κ1) is 24.9. The molecule has 0 bridgehead atoms. The maximum absolute atomic E-state index is 13.5. The summed E-state index contributed by atoms with van der Waals surface area (Å²) in [6, 6.07) is 11.3. The second-order valence-corrected chi connectivity index (χ2v) is 9.83. The number of ether oxygens (including phenoxy) is 1. The smallest absolute Gasteiger partial charge is 0.259 e. The van der Waals surface area contributed by atoms with E-state index in [0.29, 0.717) is 18.7 Å². The molecule has 1 fully saturated rings. The molecular weight excluding hydrogens is 442 g/mol. The summed E-state index contributed by atoms with van der Waals surface area (Å²) in [6.45, 7) is 4.54. The number of pyridine rings is 1. The first-order chi connectivity index (χ1) is 16.9. The van der Waals surface area contributed by atoms with Crippen molar-refractivity contribution in [1.82, 2.24) is 14.8 Å². The van der Waals surface area contributed by atoms with E-state index in [1.54, 1.807) is 22.1 Å². The predicted molar refractivity (Wildman–Crippen MR) is 136 cm³/mol. The van der Waals surface area contributed by atoms with Gasteiger partial charge in [0, 0.05) is 31.6 Å². The number of carbonyl (C=O) groups excluding carboxylic acids is 2. The molecule has 7 heteroatoms. The molecule has 1 aliphatic heterocycles. The van der Waals surface area contributed by atoms with Gasteiger partial charge in [0.05, 0.1) is 19.2 Å². The van der Waals surface area contributed by atoms with Crippen molar-refractivity contribution in [3.8, 4) is 5.88 Å². The quantitative estimate of drug-likeness (QED) is 0.657. The molecule has 2 heterocycles. The average molecular weight is 478 g/mol. The van der Waals surface area contributed by atoms with Crippen LogP contribution in [0.25, 0.3) is 12.2 Å². The van der Waals surface area contributed by atoms with Crippen molar-refractivity contribution >= 4 is 24.0 Å². The summed E-state index contributed by atoms with van der Waals surface area (Å²) >= 11 is 0. The van der Waals surface area contributed by atoms with Gasteiger partial charge in [-0.15, -0.1) is 0 Å². The number of fused-ring (bicyclic) bond motifs is 1. The predicted octanol–water partition coefficient (Wildman–Crippen LogP) is 3.73. The van der Waals surface area contributed by atoms with Gasteiger partial charge in [-0.3, -0.25) is 9.59 Å². The van der Waals surface area contributed by atoms with Crippen LogP contribution >= 0.6 is 0 Å². The maximum atomic E-state index is 13.5. The number of hydrogen-bond acceptors (Lipinski definition) is 5. The van der Waals surface area contributed by atoms with Crippen molar-refractivity contribution in [3.05, 3.63) is 59.3 Å². The minimum absolute atomic E-state index is 0.0582. The van der Waals surface area contributed by atoms with Crippen LogP contribution < -0.4 is 4.74 Å². The van der Waals surface area contributed by atoms with Crippen molar-refractivity contribution < 1.29 is 19.4 Å². The molecule has 186 valence electrons. The molecule has 35 heavy (non-hydrogen) atoms. The van der Waals surface area contributed by atoms with E-state index in [1.807, 2.05) is 63.4 Å². The van der Waals surface area contributed by atoms with Gasteiger partial charge in [0.25, 0.3) is 5.91 Å². The van der Waals surface area contributed by atoms with Crippen LogP contribution in [0.1, 0.15) is 54.6 Å². The zero-order valence-corrected chi connectivity index (χ0v) is 20.8. The fourth-order valence-electron chi connectivity index (χ4n) is 4.51. The van der Waals surface area contributed by atoms with Gasteiger partial charge in [0.2, 0.25) is 11.8 Å². The summed E-state index contributed by atoms with van der Waals surface area (Å²) in [5, 5.41) is 9.84. The van der Waals surface area contributed by atoms with Gasteiger partial charge < -0.3 is 19.6 Å². The number of carbonyl (C=O) groups is 2. The Hall–Kier alpha value is -3.19. The SMILES string of the molecule is C[C@@H]1CN([C@H](C)CO)C(=O)c2cc(/C=C/c3ccccc3)cnc2O[C@H]1CN(C)C(=O)C1CCC1. The van der Waals surface area contributed by atoms with Crippen LogP contribution in [-0.2, 0) is 4.79 Å². The number of likely N-dealkylation sites (N-methyl/N-ethyl adjacent to an activating group) is 1. The van der Waals surface area contributed by atoms with Crippen molar-refractivity contribution in [2.45, 2.75) is 45.3 Å². The standard InChI is InChI=1S/C28H35N3O4/c1-19-16-31(20(2)18-32)28(34)24-14-22(13-12-21-8-5-4-6-9-21)15-29-26(24)35-25(19)17-30(3)27(33)23-10-7-11-23/h4-6,8-9,12-15,19-20,23,25,32H,7,10-11,16-18H2,1-3H3/b13-12+/t19-,20-,25+/m1/s1. The van der Waals surface area contributed by atoms with E-state index in [-0.39, 0.29) is 48.3 Å². The molecular formula is C28H35N3O4. The minimum atomic E-state index is -0.352. The summed E-state index contributed by atoms with van der Waals surface area (Å²) in [7, 11) is 1.82. The second-order valence-electron chi connectivity index (χ2n) is 9.83. The molecule has 0 unspecified atom stereocenters. The molecule has 2 aliphatic rings. The van der Waals surface area contributed by atoms with E-state index < -0.39 is 0 Å². The van der Waals surface area contributed by atoms with Gasteiger partial charge in [-0.2, -0.15) is 0 Å². The summed E-state index contributed by atoms with van der Waals surface area (Å²) < 4.78 is 6.31. The fraction of sp³-hybridized carbons (Fsp3) is 0.464. The van der Waals surface area contributed by atoms with Crippen LogP contribution in [0.3, 0.4) is 0 Å². The lowest BCUT2D eigenvalue weighted by Crippen LogP contribution is -2.51. The van der Waals surface area contributed by atoms with Crippen molar-refractivity contribution in [1.29, 1.82) is 0 Å². The lowest BCUT2D eigenvalue weighted by atomic mass is 9.84. The monoisotopic (exact) mass is 477 g/mol. The first-order valence-electron chi connectivity index (χ1n) is 12.4. The van der Waals surface area contributed by atoms with Gasteiger partial charge in [-0.1, -0.05) is 55.8 Å². The number of nitrogens with zero attached hydrogens (tertiary/aromatic N) is 3. The normalized spacial score (nSPS) is 21.5. The summed E-state index contributed by atoms with van der Waals surface area (Å²) in [5.74, 6) is 0.259. The number of amides is 2. The highest BCUT2D eigenvalue weighted by Gasteiger charge is 2.36. The molecule has 2 amide bonds. The summed E-state index contributed by atoms with van der Waals surface area (Å²) in [4.78, 5) is 34.3. The van der Waals surface area contributed by atoms with Gasteiger partial charge >= 0.3 is 0 Å². The molecule has 0 spiro atoms. The Bertz CT molecular complexity index is 1070. The van der Waals surface area contributed by atoms with Gasteiger partial charge in [-0.05, 0) is 37.0 Å². The number of aliphatic hydroxyl groups is 1. The Kier molecular flexibility index (Phi) is 7.86. The molecule has 2 aromatic rings. The Morgan fingerprint density at radius 3 is 2.63 bits per heavy atom. The first-order valence-corrected chi connectivity index (χ1v) is 12.4. The lowest BCUT2D eigenvalue weighted by molar-refractivity contribution is -0.138. The van der Waals surface area contributed by atoms with E-state index in [2.05, 4.69) is 4.98 Å². The highest BCUT2D eigenvalue weighted by atomic mass is 16.5. The van der Waals surface area contributed by atoms with Crippen LogP contribution in [0.2, 0.25) is 0 Å². The molecule has 4 rings (SSSR count). The maximum Gasteiger partial charge on any atom is 0.259 e. The number of benzene rings is 1. The minimum Gasteiger partial charge on any atom is -0.472 e. The molecule has 1 aliphatic carbocycles. The average Bonchev–Trinajstić information content (AvgIpc) is 2.84. The van der Waals surface area contributed by atoms with Crippen LogP contribution in [0.4, 0.5) is 0 Å². The van der Waals surface area contributed by atoms with Crippen LogP contribution in [0.5, 0.6) is 5.88 Å². The number of rotatable bonds is 7. The fourth-order valence-corrected chi connectivity index (χ4v) is 4.51. The molecule has 1 aromatic carbocycles. The Morgan fingerprint density at radius 1 is 1.26 bits per heavy atom. The largest absolute Gasteiger partial charge is 0.472 e. The van der Waals surface area contributed by atoms with Gasteiger partial charge in [-0.25, -0.2) is 4.98 Å². The Balaban J connectivity index is 1.63. The zero-order chi connectivity index (χ0) is 24.9. The van der Waals surface area contributed by atoms with E-state index in [9.17, 15) is 14.7 Å². The third-order valence-electron chi connectivity index (χ3n) is 7.09.